The van der Waals surface area contributed by atoms with Gasteiger partial charge in [0.15, 0.2) is 0 Å². The second-order valence-electron chi connectivity index (χ2n) is 7.88. The molecule has 0 fully saturated rings. The van der Waals surface area contributed by atoms with Crippen LogP contribution in [-0.4, -0.2) is 27.5 Å². The average molecular weight is 368 g/mol. The molecule has 2 N–H and O–H groups in total. The van der Waals surface area contributed by atoms with Crippen molar-refractivity contribution in [2.75, 3.05) is 0 Å². The Hall–Kier alpha value is -2.66. The summed E-state index contributed by atoms with van der Waals surface area (Å²) in [6.07, 6.45) is 0. The molecule has 0 bridgehead atoms. The number of aliphatic hydroxyl groups excluding tert-OH is 1. The summed E-state index contributed by atoms with van der Waals surface area (Å²) in [5.41, 5.74) is 6.48. The molecule has 2 amide bonds. The molecule has 0 unspecified atom stereocenters. The fraction of sp³-hybridized carbons (Fsp3) is 0.364. The van der Waals surface area contributed by atoms with E-state index in [1.54, 1.807) is 25.1 Å². The van der Waals surface area contributed by atoms with Crippen LogP contribution in [0.5, 0.6) is 0 Å². The molecule has 0 saturated carbocycles. The molecule has 0 saturated heterocycles. The van der Waals surface area contributed by atoms with Gasteiger partial charge in [0.05, 0.1) is 12.1 Å². The van der Waals surface area contributed by atoms with Crippen molar-refractivity contribution in [3.63, 3.8) is 0 Å². The highest BCUT2D eigenvalue weighted by Crippen LogP contribution is 2.19. The van der Waals surface area contributed by atoms with E-state index >= 15 is 0 Å². The van der Waals surface area contributed by atoms with Crippen LogP contribution in [0, 0.1) is 20.8 Å². The Balaban J connectivity index is 2.38. The minimum Gasteiger partial charge on any atom is -0.392 e. The molecule has 2 aromatic rings. The molecule has 0 spiro atoms. The van der Waals surface area contributed by atoms with Gasteiger partial charge in [-0.25, -0.2) is 5.01 Å². The molecule has 0 aliphatic carbocycles. The molecule has 0 aromatic heterocycles. The fourth-order valence-corrected chi connectivity index (χ4v) is 3.01. The Morgan fingerprint density at radius 2 is 1.63 bits per heavy atom. The molecule has 2 aromatic carbocycles. The van der Waals surface area contributed by atoms with Crippen LogP contribution in [0.25, 0.3) is 0 Å². The van der Waals surface area contributed by atoms with Gasteiger partial charge in [0.2, 0.25) is 0 Å². The van der Waals surface area contributed by atoms with Crippen LogP contribution in [0.2, 0.25) is 0 Å². The standard InChI is InChI=1S/C22H28N2O3/c1-14-10-15(2)12-18(11-14)21(27)24(22(4,5)6)23-20(26)19-9-7-8-17(13-25)16(19)3/h7-12,25H,13H2,1-6H3,(H,23,26). The zero-order valence-electron chi connectivity index (χ0n) is 16.9. The molecule has 144 valence electrons. The summed E-state index contributed by atoms with van der Waals surface area (Å²) < 4.78 is 0. The lowest BCUT2D eigenvalue weighted by atomic mass is 10.0. The predicted octanol–water partition coefficient (Wildman–Crippen LogP) is 3.69. The predicted molar refractivity (Wildman–Crippen MR) is 106 cm³/mol. The van der Waals surface area contributed by atoms with Crippen LogP contribution in [0.15, 0.2) is 36.4 Å². The Kier molecular flexibility index (Phi) is 6.06. The Labute approximate surface area is 161 Å². The maximum absolute atomic E-state index is 13.1. The van der Waals surface area contributed by atoms with Crippen molar-refractivity contribution in [1.29, 1.82) is 0 Å². The van der Waals surface area contributed by atoms with E-state index in [1.165, 1.54) is 5.01 Å². The van der Waals surface area contributed by atoms with E-state index in [9.17, 15) is 14.7 Å². The summed E-state index contributed by atoms with van der Waals surface area (Å²) in [6, 6.07) is 10.8. The number of carbonyl (C=O) groups is 2. The summed E-state index contributed by atoms with van der Waals surface area (Å²) in [5.74, 6) is -0.644. The monoisotopic (exact) mass is 368 g/mol. The number of benzene rings is 2. The van der Waals surface area contributed by atoms with Crippen LogP contribution < -0.4 is 5.43 Å². The maximum atomic E-state index is 13.1. The van der Waals surface area contributed by atoms with Crippen LogP contribution in [0.1, 0.15) is 63.7 Å². The molecule has 0 atom stereocenters. The van der Waals surface area contributed by atoms with Gasteiger partial charge in [0, 0.05) is 11.1 Å². The highest BCUT2D eigenvalue weighted by Gasteiger charge is 2.30. The van der Waals surface area contributed by atoms with E-state index in [1.807, 2.05) is 52.8 Å². The number of carbonyl (C=O) groups excluding carboxylic acids is 2. The number of hydrogen-bond donors (Lipinski definition) is 2. The number of nitrogens with zero attached hydrogens (tertiary/aromatic N) is 1. The summed E-state index contributed by atoms with van der Waals surface area (Å²) >= 11 is 0. The van der Waals surface area contributed by atoms with Crippen molar-refractivity contribution < 1.29 is 14.7 Å². The topological polar surface area (TPSA) is 69.6 Å². The maximum Gasteiger partial charge on any atom is 0.272 e. The lowest BCUT2D eigenvalue weighted by Crippen LogP contribution is -2.56. The van der Waals surface area contributed by atoms with Gasteiger partial charge in [-0.15, -0.1) is 0 Å². The third-order valence-corrected chi connectivity index (χ3v) is 4.42. The highest BCUT2D eigenvalue weighted by atomic mass is 16.3. The third kappa shape index (κ3) is 4.74. The molecule has 0 aliphatic rings. The third-order valence-electron chi connectivity index (χ3n) is 4.42. The largest absolute Gasteiger partial charge is 0.392 e. The number of nitrogens with one attached hydrogen (secondary N) is 1. The van der Waals surface area contributed by atoms with E-state index in [-0.39, 0.29) is 18.4 Å². The first kappa shape index (κ1) is 20.6. The summed E-state index contributed by atoms with van der Waals surface area (Å²) in [4.78, 5) is 26.0. The molecule has 5 heteroatoms. The molecular formula is C22H28N2O3. The van der Waals surface area contributed by atoms with Crippen molar-refractivity contribution in [3.8, 4) is 0 Å². The zero-order chi connectivity index (χ0) is 20.4. The highest BCUT2D eigenvalue weighted by molar-refractivity contribution is 6.00. The molecule has 27 heavy (non-hydrogen) atoms. The fourth-order valence-electron chi connectivity index (χ4n) is 3.01. The van der Waals surface area contributed by atoms with Crippen LogP contribution in [0.4, 0.5) is 0 Å². The van der Waals surface area contributed by atoms with Crippen molar-refractivity contribution in [2.45, 2.75) is 53.7 Å². The van der Waals surface area contributed by atoms with Gasteiger partial charge >= 0.3 is 0 Å². The minimum absolute atomic E-state index is 0.141. The quantitative estimate of drug-likeness (QED) is 0.812. The van der Waals surface area contributed by atoms with E-state index in [4.69, 9.17) is 0 Å². The van der Waals surface area contributed by atoms with Crippen molar-refractivity contribution in [2.24, 2.45) is 0 Å². The van der Waals surface area contributed by atoms with Gasteiger partial charge in [-0.3, -0.25) is 15.0 Å². The van der Waals surface area contributed by atoms with Crippen LogP contribution in [0.3, 0.4) is 0 Å². The Bertz CT molecular complexity index is 846. The smallest absolute Gasteiger partial charge is 0.272 e. The van der Waals surface area contributed by atoms with Crippen molar-refractivity contribution >= 4 is 11.8 Å². The summed E-state index contributed by atoms with van der Waals surface area (Å²) in [5, 5.41) is 10.8. The molecular weight excluding hydrogens is 340 g/mol. The van der Waals surface area contributed by atoms with E-state index in [0.717, 1.165) is 11.1 Å². The Morgan fingerprint density at radius 1 is 1.04 bits per heavy atom. The first-order valence-corrected chi connectivity index (χ1v) is 8.97. The van der Waals surface area contributed by atoms with Crippen LogP contribution in [-0.2, 0) is 6.61 Å². The molecule has 0 heterocycles. The number of rotatable bonds is 3. The van der Waals surface area contributed by atoms with Gasteiger partial charge in [-0.05, 0) is 70.9 Å². The summed E-state index contributed by atoms with van der Waals surface area (Å²) in [6.45, 7) is 11.1. The van der Waals surface area contributed by atoms with Gasteiger partial charge in [-0.1, -0.05) is 29.3 Å². The van der Waals surface area contributed by atoms with E-state index < -0.39 is 5.54 Å². The average Bonchev–Trinajstić information content (AvgIpc) is 2.57. The summed E-state index contributed by atoms with van der Waals surface area (Å²) in [7, 11) is 0. The van der Waals surface area contributed by atoms with Gasteiger partial charge < -0.3 is 5.11 Å². The SMILES string of the molecule is Cc1cc(C)cc(C(=O)N(NC(=O)c2cccc(CO)c2C)C(C)(C)C)c1. The number of hydrogen-bond acceptors (Lipinski definition) is 3. The second kappa shape index (κ2) is 7.92. The van der Waals surface area contributed by atoms with Crippen LogP contribution >= 0.6 is 0 Å². The normalized spacial score (nSPS) is 11.2. The number of aryl methyl sites for hydroxylation is 2. The number of amides is 2. The number of aliphatic hydroxyl groups is 1. The molecule has 5 nitrogen and oxygen atoms in total. The van der Waals surface area contributed by atoms with Crippen molar-refractivity contribution in [3.05, 3.63) is 69.8 Å². The van der Waals surface area contributed by atoms with Crippen molar-refractivity contribution in [1.82, 2.24) is 10.4 Å². The zero-order valence-corrected chi connectivity index (χ0v) is 16.9. The Morgan fingerprint density at radius 3 is 2.15 bits per heavy atom. The number of hydrazine groups is 1. The van der Waals surface area contributed by atoms with Gasteiger partial charge in [0.25, 0.3) is 11.8 Å². The van der Waals surface area contributed by atoms with Gasteiger partial charge in [-0.2, -0.15) is 0 Å². The molecule has 0 aliphatic heterocycles. The lowest BCUT2D eigenvalue weighted by Gasteiger charge is -2.35. The minimum atomic E-state index is -0.618. The first-order chi connectivity index (χ1) is 12.5. The molecule has 0 radical (unpaired) electrons. The van der Waals surface area contributed by atoms with E-state index in [2.05, 4.69) is 5.43 Å². The second-order valence-corrected chi connectivity index (χ2v) is 7.88. The molecule has 2 rings (SSSR count). The first-order valence-electron chi connectivity index (χ1n) is 8.97. The van der Waals surface area contributed by atoms with E-state index in [0.29, 0.717) is 22.3 Å². The van der Waals surface area contributed by atoms with Gasteiger partial charge in [0.1, 0.15) is 0 Å². The lowest BCUT2D eigenvalue weighted by molar-refractivity contribution is 0.0358.